The van der Waals surface area contributed by atoms with E-state index < -0.39 is 11.9 Å². The standard InChI is InChI=1S/C15H21NO3/c1-8-6-9(2)12(5)14(11(8)4)16-15(19)10(3)7-13(17)18/h6,10H,7H2,1-5H3,(H,16,19)(H,17,18). The third kappa shape index (κ3) is 3.56. The van der Waals surface area contributed by atoms with Crippen molar-refractivity contribution in [2.75, 3.05) is 5.32 Å². The number of carbonyl (C=O) groups excluding carboxylic acids is 1. The number of benzene rings is 1. The van der Waals surface area contributed by atoms with E-state index in [-0.39, 0.29) is 12.3 Å². The van der Waals surface area contributed by atoms with Crippen LogP contribution in [0.5, 0.6) is 0 Å². The fraction of sp³-hybridized carbons (Fsp3) is 0.467. The molecule has 0 aliphatic carbocycles. The first-order valence-electron chi connectivity index (χ1n) is 6.34. The molecule has 0 aromatic heterocycles. The zero-order valence-electron chi connectivity index (χ0n) is 12.1. The van der Waals surface area contributed by atoms with Crippen LogP contribution in [0.4, 0.5) is 5.69 Å². The Hall–Kier alpha value is -1.84. The number of anilines is 1. The molecule has 1 unspecified atom stereocenters. The van der Waals surface area contributed by atoms with Crippen LogP contribution in [0, 0.1) is 33.6 Å². The maximum Gasteiger partial charge on any atom is 0.304 e. The van der Waals surface area contributed by atoms with Gasteiger partial charge in [0.25, 0.3) is 0 Å². The van der Waals surface area contributed by atoms with Crippen molar-refractivity contribution >= 4 is 17.6 Å². The SMILES string of the molecule is Cc1cc(C)c(C)c(NC(=O)C(C)CC(=O)O)c1C. The first-order valence-corrected chi connectivity index (χ1v) is 6.34. The maximum atomic E-state index is 12.0. The topological polar surface area (TPSA) is 66.4 Å². The number of nitrogens with one attached hydrogen (secondary N) is 1. The molecule has 19 heavy (non-hydrogen) atoms. The van der Waals surface area contributed by atoms with E-state index in [0.717, 1.165) is 27.9 Å². The summed E-state index contributed by atoms with van der Waals surface area (Å²) in [7, 11) is 0. The molecule has 1 aromatic rings. The molecule has 0 aliphatic heterocycles. The Morgan fingerprint density at radius 1 is 1.16 bits per heavy atom. The van der Waals surface area contributed by atoms with Gasteiger partial charge in [-0.2, -0.15) is 0 Å². The number of hydrogen-bond acceptors (Lipinski definition) is 2. The summed E-state index contributed by atoms with van der Waals surface area (Å²) in [6.07, 6.45) is -0.158. The molecule has 0 aliphatic rings. The second kappa shape index (κ2) is 5.87. The molecule has 0 saturated carbocycles. The fourth-order valence-corrected chi connectivity index (χ4v) is 2.01. The van der Waals surface area contributed by atoms with Gasteiger partial charge in [-0.15, -0.1) is 0 Å². The number of carboxylic acids is 1. The predicted molar refractivity (Wildman–Crippen MR) is 75.4 cm³/mol. The van der Waals surface area contributed by atoms with Crippen LogP contribution in [0.25, 0.3) is 0 Å². The molecule has 0 heterocycles. The lowest BCUT2D eigenvalue weighted by molar-refractivity contribution is -0.139. The van der Waals surface area contributed by atoms with Crippen molar-refractivity contribution < 1.29 is 14.7 Å². The van der Waals surface area contributed by atoms with E-state index in [2.05, 4.69) is 11.4 Å². The van der Waals surface area contributed by atoms with Crippen molar-refractivity contribution in [3.63, 3.8) is 0 Å². The molecular formula is C15H21NO3. The van der Waals surface area contributed by atoms with E-state index in [1.165, 1.54) is 0 Å². The van der Waals surface area contributed by atoms with Gasteiger partial charge in [-0.25, -0.2) is 0 Å². The van der Waals surface area contributed by atoms with Crippen LogP contribution in [-0.4, -0.2) is 17.0 Å². The van der Waals surface area contributed by atoms with Gasteiger partial charge in [0, 0.05) is 11.6 Å². The first kappa shape index (κ1) is 15.2. The van der Waals surface area contributed by atoms with Crippen molar-refractivity contribution in [3.8, 4) is 0 Å². The largest absolute Gasteiger partial charge is 0.481 e. The molecule has 2 N–H and O–H groups in total. The lowest BCUT2D eigenvalue weighted by Gasteiger charge is -2.18. The number of amides is 1. The Morgan fingerprint density at radius 3 is 2.05 bits per heavy atom. The minimum atomic E-state index is -0.962. The molecule has 1 atom stereocenters. The van der Waals surface area contributed by atoms with Gasteiger partial charge in [0.05, 0.1) is 6.42 Å². The van der Waals surface area contributed by atoms with Gasteiger partial charge in [0.1, 0.15) is 0 Å². The van der Waals surface area contributed by atoms with Gasteiger partial charge < -0.3 is 10.4 Å². The van der Waals surface area contributed by atoms with E-state index >= 15 is 0 Å². The van der Waals surface area contributed by atoms with Crippen molar-refractivity contribution in [2.45, 2.75) is 41.0 Å². The minimum Gasteiger partial charge on any atom is -0.481 e. The lowest BCUT2D eigenvalue weighted by atomic mass is 9.98. The zero-order valence-corrected chi connectivity index (χ0v) is 12.1. The second-order valence-corrected chi connectivity index (χ2v) is 5.12. The van der Waals surface area contributed by atoms with Gasteiger partial charge in [-0.1, -0.05) is 13.0 Å². The van der Waals surface area contributed by atoms with Gasteiger partial charge in [0.15, 0.2) is 0 Å². The molecule has 0 saturated heterocycles. The van der Waals surface area contributed by atoms with E-state index in [1.807, 2.05) is 27.7 Å². The minimum absolute atomic E-state index is 0.158. The number of aryl methyl sites for hydroxylation is 2. The normalized spacial score (nSPS) is 12.1. The van der Waals surface area contributed by atoms with E-state index in [1.54, 1.807) is 6.92 Å². The Labute approximate surface area is 113 Å². The van der Waals surface area contributed by atoms with Crippen molar-refractivity contribution in [1.82, 2.24) is 0 Å². The third-order valence-electron chi connectivity index (χ3n) is 3.54. The number of hydrogen-bond donors (Lipinski definition) is 2. The van der Waals surface area contributed by atoms with Crippen LogP contribution in [0.2, 0.25) is 0 Å². The van der Waals surface area contributed by atoms with Crippen LogP contribution in [0.15, 0.2) is 6.07 Å². The quantitative estimate of drug-likeness (QED) is 0.877. The average Bonchev–Trinajstić information content (AvgIpc) is 2.31. The van der Waals surface area contributed by atoms with Gasteiger partial charge in [0.2, 0.25) is 5.91 Å². The Bertz CT molecular complexity index is 494. The summed E-state index contributed by atoms with van der Waals surface area (Å²) in [6.45, 7) is 9.53. The highest BCUT2D eigenvalue weighted by molar-refractivity contribution is 5.95. The molecule has 4 heteroatoms. The fourth-order valence-electron chi connectivity index (χ4n) is 2.01. The summed E-state index contributed by atoms with van der Waals surface area (Å²) in [6, 6.07) is 2.08. The summed E-state index contributed by atoms with van der Waals surface area (Å²) in [5, 5.41) is 11.6. The van der Waals surface area contributed by atoms with Crippen LogP contribution < -0.4 is 5.32 Å². The highest BCUT2D eigenvalue weighted by Crippen LogP contribution is 2.27. The van der Waals surface area contributed by atoms with Crippen molar-refractivity contribution in [3.05, 3.63) is 28.3 Å². The molecule has 104 valence electrons. The Kier molecular flexibility index (Phi) is 4.70. The monoisotopic (exact) mass is 263 g/mol. The van der Waals surface area contributed by atoms with Crippen molar-refractivity contribution in [2.24, 2.45) is 5.92 Å². The maximum absolute atomic E-state index is 12.0. The van der Waals surface area contributed by atoms with Crippen LogP contribution in [0.3, 0.4) is 0 Å². The summed E-state index contributed by atoms with van der Waals surface area (Å²) >= 11 is 0. The highest BCUT2D eigenvalue weighted by atomic mass is 16.4. The highest BCUT2D eigenvalue weighted by Gasteiger charge is 2.18. The molecule has 4 nitrogen and oxygen atoms in total. The van der Waals surface area contributed by atoms with Crippen LogP contribution >= 0.6 is 0 Å². The molecular weight excluding hydrogens is 242 g/mol. The molecule has 1 aromatic carbocycles. The predicted octanol–water partition coefficient (Wildman–Crippen LogP) is 2.97. The average molecular weight is 263 g/mol. The second-order valence-electron chi connectivity index (χ2n) is 5.12. The van der Waals surface area contributed by atoms with E-state index in [0.29, 0.717) is 0 Å². The third-order valence-corrected chi connectivity index (χ3v) is 3.54. The molecule has 1 rings (SSSR count). The number of carbonyl (C=O) groups is 2. The Balaban J connectivity index is 3.00. The zero-order chi connectivity index (χ0) is 14.7. The number of aliphatic carboxylic acids is 1. The van der Waals surface area contributed by atoms with Crippen LogP contribution in [-0.2, 0) is 9.59 Å². The summed E-state index contributed by atoms with van der Waals surface area (Å²) < 4.78 is 0. The molecule has 1 amide bonds. The molecule has 0 fully saturated rings. The molecule has 0 radical (unpaired) electrons. The van der Waals surface area contributed by atoms with E-state index in [4.69, 9.17) is 5.11 Å². The number of rotatable bonds is 4. The summed E-state index contributed by atoms with van der Waals surface area (Å²) in [5.74, 6) is -1.76. The molecule has 0 spiro atoms. The Morgan fingerprint density at radius 2 is 1.63 bits per heavy atom. The van der Waals surface area contributed by atoms with E-state index in [9.17, 15) is 9.59 Å². The number of carboxylic acid groups (broad SMARTS) is 1. The van der Waals surface area contributed by atoms with Gasteiger partial charge in [-0.3, -0.25) is 9.59 Å². The smallest absolute Gasteiger partial charge is 0.304 e. The molecule has 0 bridgehead atoms. The van der Waals surface area contributed by atoms with Gasteiger partial charge in [-0.05, 0) is 49.9 Å². The summed E-state index contributed by atoms with van der Waals surface area (Å²) in [4.78, 5) is 22.6. The lowest BCUT2D eigenvalue weighted by Crippen LogP contribution is -2.24. The first-order chi connectivity index (χ1) is 8.73. The van der Waals surface area contributed by atoms with Crippen molar-refractivity contribution in [1.29, 1.82) is 0 Å². The van der Waals surface area contributed by atoms with Gasteiger partial charge >= 0.3 is 5.97 Å². The van der Waals surface area contributed by atoms with Crippen LogP contribution in [0.1, 0.15) is 35.6 Å². The summed E-state index contributed by atoms with van der Waals surface area (Å²) in [5.41, 5.74) is 5.09.